The Morgan fingerprint density at radius 3 is 1.07 bits per heavy atom. The molecule has 6 atom stereocenters. The summed E-state index contributed by atoms with van der Waals surface area (Å²) in [6.07, 6.45) is 71.1. The lowest BCUT2D eigenvalue weighted by molar-refractivity contribution is -0.301. The second-order valence-electron chi connectivity index (χ2n) is 22.0. The van der Waals surface area contributed by atoms with E-state index < -0.39 is 67.3 Å². The third-order valence-electron chi connectivity index (χ3n) is 14.2. The van der Waals surface area contributed by atoms with Gasteiger partial charge in [0.1, 0.15) is 18.8 Å². The Labute approximate surface area is 515 Å². The van der Waals surface area contributed by atoms with Crippen LogP contribution in [-0.2, 0) is 42.9 Å². The highest BCUT2D eigenvalue weighted by Gasteiger charge is 2.50. The third-order valence-corrected chi connectivity index (χ3v) is 14.2. The summed E-state index contributed by atoms with van der Waals surface area (Å²) in [4.78, 5) is 51.4. The van der Waals surface area contributed by atoms with E-state index in [9.17, 15) is 34.5 Å². The molecule has 1 saturated heterocycles. The molecule has 12 heteroatoms. The lowest BCUT2D eigenvalue weighted by Crippen LogP contribution is -2.61. The minimum Gasteiger partial charge on any atom is -0.479 e. The van der Waals surface area contributed by atoms with E-state index in [0.29, 0.717) is 19.3 Å². The number of aliphatic hydroxyl groups excluding tert-OH is 2. The van der Waals surface area contributed by atoms with Crippen molar-refractivity contribution in [2.75, 3.05) is 13.2 Å². The molecule has 12 nitrogen and oxygen atoms in total. The summed E-state index contributed by atoms with van der Waals surface area (Å²) in [5.74, 6) is -3.18. The Hall–Kier alpha value is -5.14. The first-order valence-electron chi connectivity index (χ1n) is 33.2. The summed E-state index contributed by atoms with van der Waals surface area (Å²) in [5, 5.41) is 31.6. The van der Waals surface area contributed by atoms with Crippen LogP contribution in [0.25, 0.3) is 0 Å². The average molecular weight is 1190 g/mol. The van der Waals surface area contributed by atoms with E-state index in [-0.39, 0.29) is 25.9 Å². The number of carbonyl (C=O) groups is 4. The van der Waals surface area contributed by atoms with Crippen LogP contribution in [0.3, 0.4) is 0 Å². The second kappa shape index (κ2) is 59.2. The number of rotatable bonds is 55. The van der Waals surface area contributed by atoms with E-state index in [1.165, 1.54) is 0 Å². The first-order chi connectivity index (χ1) is 41.6. The van der Waals surface area contributed by atoms with Gasteiger partial charge in [0, 0.05) is 19.3 Å². The average Bonchev–Trinajstić information content (AvgIpc) is 3.46. The van der Waals surface area contributed by atoms with Gasteiger partial charge in [0.2, 0.25) is 0 Å². The van der Waals surface area contributed by atoms with Crippen LogP contribution in [-0.4, -0.2) is 89.2 Å². The minimum atomic E-state index is -1.92. The molecular weight excluding hydrogens is 1070 g/mol. The summed E-state index contributed by atoms with van der Waals surface area (Å²) in [7, 11) is 0. The Bertz CT molecular complexity index is 1990. The molecule has 1 heterocycles. The summed E-state index contributed by atoms with van der Waals surface area (Å²) in [6, 6.07) is 0. The van der Waals surface area contributed by atoms with E-state index in [4.69, 9.17) is 23.7 Å². The SMILES string of the molecule is CC/C=C\C/C=C\C/C=C\C/C=C\CCCCCCCCC(=O)OCC(COC1OC(C(=O)O)C(O)C(O)C1OC(=O)CCCCCCCCC/C=C\C/C=C\C/C=C\CC)OC(=O)CCCCCCCC/C=C\C/C=C\C/C=C\C/C=C\CC. The Morgan fingerprint density at radius 1 is 0.388 bits per heavy atom. The van der Waals surface area contributed by atoms with E-state index in [1.807, 2.05) is 0 Å². The van der Waals surface area contributed by atoms with Gasteiger partial charge < -0.3 is 39.0 Å². The molecule has 0 aromatic carbocycles. The molecule has 0 aromatic heterocycles. The van der Waals surface area contributed by atoms with Crippen molar-refractivity contribution in [1.29, 1.82) is 0 Å². The largest absolute Gasteiger partial charge is 0.479 e. The van der Waals surface area contributed by atoms with Gasteiger partial charge in [-0.15, -0.1) is 0 Å². The number of ether oxygens (including phenoxy) is 5. The van der Waals surface area contributed by atoms with Crippen LogP contribution in [0.5, 0.6) is 0 Å². The molecule has 1 aliphatic rings. The van der Waals surface area contributed by atoms with Gasteiger partial charge in [-0.05, 0) is 128 Å². The molecule has 6 unspecified atom stereocenters. The molecule has 0 spiro atoms. The number of unbranched alkanes of at least 4 members (excludes halogenated alkanes) is 19. The predicted octanol–water partition coefficient (Wildman–Crippen LogP) is 18.1. The van der Waals surface area contributed by atoms with Gasteiger partial charge >= 0.3 is 23.9 Å². The highest BCUT2D eigenvalue weighted by molar-refractivity contribution is 5.74. The van der Waals surface area contributed by atoms with Crippen LogP contribution < -0.4 is 0 Å². The molecule has 0 amide bonds. The van der Waals surface area contributed by atoms with Gasteiger partial charge in [-0.25, -0.2) is 4.79 Å². The molecule has 480 valence electrons. The van der Waals surface area contributed by atoms with Gasteiger partial charge in [-0.3, -0.25) is 14.4 Å². The molecule has 85 heavy (non-hydrogen) atoms. The maximum Gasteiger partial charge on any atom is 0.335 e. The van der Waals surface area contributed by atoms with Crippen molar-refractivity contribution in [2.24, 2.45) is 0 Å². The van der Waals surface area contributed by atoms with E-state index in [0.717, 1.165) is 193 Å². The Morgan fingerprint density at radius 2 is 0.706 bits per heavy atom. The summed E-state index contributed by atoms with van der Waals surface area (Å²) < 4.78 is 28.5. The topological polar surface area (TPSA) is 175 Å². The first kappa shape index (κ1) is 77.9. The van der Waals surface area contributed by atoms with Gasteiger partial charge in [0.25, 0.3) is 0 Å². The van der Waals surface area contributed by atoms with Gasteiger partial charge in [0.15, 0.2) is 24.6 Å². The van der Waals surface area contributed by atoms with Gasteiger partial charge in [0.05, 0.1) is 6.61 Å². The zero-order valence-corrected chi connectivity index (χ0v) is 53.1. The minimum absolute atomic E-state index is 0.0391. The molecule has 0 saturated carbocycles. The van der Waals surface area contributed by atoms with Crippen molar-refractivity contribution < 1.29 is 58.2 Å². The maximum atomic E-state index is 13.2. The van der Waals surface area contributed by atoms with Gasteiger partial charge in [-0.2, -0.15) is 0 Å². The number of carboxylic acid groups (broad SMARTS) is 1. The molecule has 3 N–H and O–H groups in total. The number of esters is 3. The van der Waals surface area contributed by atoms with Crippen molar-refractivity contribution in [3.05, 3.63) is 134 Å². The maximum absolute atomic E-state index is 13.2. The fraction of sp³-hybridized carbons (Fsp3) is 0.644. The first-order valence-corrected chi connectivity index (χ1v) is 33.2. The summed E-state index contributed by atoms with van der Waals surface area (Å²) in [5.41, 5.74) is 0. The monoisotopic (exact) mass is 1180 g/mol. The smallest absolute Gasteiger partial charge is 0.335 e. The van der Waals surface area contributed by atoms with Crippen LogP contribution in [0.15, 0.2) is 134 Å². The Balaban J connectivity index is 2.69. The molecule has 0 aliphatic carbocycles. The molecular formula is C73H116O12. The zero-order chi connectivity index (χ0) is 61.7. The lowest BCUT2D eigenvalue weighted by atomic mass is 9.98. The quantitative estimate of drug-likeness (QED) is 0.0228. The summed E-state index contributed by atoms with van der Waals surface area (Å²) >= 11 is 0. The molecule has 1 fully saturated rings. The van der Waals surface area contributed by atoms with Crippen LogP contribution in [0.2, 0.25) is 0 Å². The molecule has 0 radical (unpaired) electrons. The van der Waals surface area contributed by atoms with Crippen molar-refractivity contribution in [2.45, 2.75) is 289 Å². The molecule has 0 bridgehead atoms. The van der Waals surface area contributed by atoms with Crippen LogP contribution in [0.1, 0.15) is 252 Å². The van der Waals surface area contributed by atoms with E-state index in [1.54, 1.807) is 0 Å². The summed E-state index contributed by atoms with van der Waals surface area (Å²) in [6.45, 7) is 5.65. The fourth-order valence-corrected chi connectivity index (χ4v) is 9.25. The van der Waals surface area contributed by atoms with Crippen molar-refractivity contribution >= 4 is 23.9 Å². The number of aliphatic hydroxyl groups is 2. The lowest BCUT2D eigenvalue weighted by Gasteiger charge is -2.40. The molecule has 0 aromatic rings. The van der Waals surface area contributed by atoms with Crippen LogP contribution in [0.4, 0.5) is 0 Å². The van der Waals surface area contributed by atoms with E-state index >= 15 is 0 Å². The Kier molecular flexibility index (Phi) is 54.2. The highest BCUT2D eigenvalue weighted by Crippen LogP contribution is 2.26. The predicted molar refractivity (Wildman–Crippen MR) is 349 cm³/mol. The number of hydrogen-bond donors (Lipinski definition) is 3. The number of carbonyl (C=O) groups excluding carboxylic acids is 3. The normalized spacial score (nSPS) is 18.3. The van der Waals surface area contributed by atoms with Crippen LogP contribution in [0, 0.1) is 0 Å². The molecule has 1 aliphatic heterocycles. The number of carboxylic acids is 1. The number of allylic oxidation sites excluding steroid dienone is 22. The standard InChI is InChI=1S/C73H116O12/c1-4-7-10-13-16-19-22-25-28-31-33-36-38-41-44-47-50-53-56-59-65(74)81-62-64(83-66(75)60-57-54-51-48-45-42-40-37-34-32-29-26-23-20-17-14-11-8-5-2)63-82-73-71(69(78)68(77)70(85-73)72(79)80)84-67(76)61-58-55-52-49-46-43-39-35-30-27-24-21-18-15-12-9-6-3/h7-12,16-21,25-30,33-34,36-37,64,68-71,73,77-78H,4-6,13-15,22-24,31-32,35,38-63H2,1-3H3,(H,79,80)/b10-7-,11-8-,12-9-,19-16-,20-17-,21-18-,28-25-,29-26-,30-27-,36-33-,37-34-. The van der Waals surface area contributed by atoms with E-state index in [2.05, 4.69) is 154 Å². The highest BCUT2D eigenvalue weighted by atomic mass is 16.7. The van der Waals surface area contributed by atoms with Crippen molar-refractivity contribution in [1.82, 2.24) is 0 Å². The van der Waals surface area contributed by atoms with Crippen molar-refractivity contribution in [3.8, 4) is 0 Å². The van der Waals surface area contributed by atoms with Crippen molar-refractivity contribution in [3.63, 3.8) is 0 Å². The number of aliphatic carboxylic acids is 1. The molecule has 1 rings (SSSR count). The van der Waals surface area contributed by atoms with Crippen LogP contribution >= 0.6 is 0 Å². The third kappa shape index (κ3) is 48.6. The number of hydrogen-bond acceptors (Lipinski definition) is 11. The fourth-order valence-electron chi connectivity index (χ4n) is 9.25. The second-order valence-corrected chi connectivity index (χ2v) is 22.0. The van der Waals surface area contributed by atoms with Gasteiger partial charge in [-0.1, -0.05) is 238 Å². The zero-order valence-electron chi connectivity index (χ0n) is 53.1.